The molecule has 3 rings (SSSR count). The first kappa shape index (κ1) is 13.8. The summed E-state index contributed by atoms with van der Waals surface area (Å²) >= 11 is 5.81. The molecule has 0 aliphatic rings. The summed E-state index contributed by atoms with van der Waals surface area (Å²) in [5, 5.41) is 1.07. The van der Waals surface area contributed by atoms with Gasteiger partial charge in [-0.3, -0.25) is 9.71 Å². The van der Waals surface area contributed by atoms with Crippen molar-refractivity contribution in [2.75, 3.05) is 4.72 Å². The molecular weight excluding hydrogens is 310 g/mol. The number of hydrogen-bond donors (Lipinski definition) is 1. The molecule has 1 aromatic carbocycles. The van der Waals surface area contributed by atoms with E-state index in [0.717, 1.165) is 0 Å². The molecule has 0 amide bonds. The van der Waals surface area contributed by atoms with Gasteiger partial charge >= 0.3 is 0 Å². The minimum atomic E-state index is -3.65. The highest BCUT2D eigenvalue weighted by Crippen LogP contribution is 2.21. The predicted octanol–water partition coefficient (Wildman–Crippen LogP) is 3.08. The second-order valence-corrected chi connectivity index (χ2v) is 6.40. The molecule has 0 aliphatic carbocycles. The SMILES string of the molecule is O=S(=O)(Nc1ccncc1)c1ccc2nc(Cl)ccc2c1. The maximum atomic E-state index is 12.3. The number of halogens is 1. The van der Waals surface area contributed by atoms with Gasteiger partial charge in [0.1, 0.15) is 5.15 Å². The average molecular weight is 320 g/mol. The molecule has 3 aromatic rings. The van der Waals surface area contributed by atoms with Gasteiger partial charge in [-0.05, 0) is 42.5 Å². The highest BCUT2D eigenvalue weighted by atomic mass is 35.5. The van der Waals surface area contributed by atoms with Crippen LogP contribution in [0.3, 0.4) is 0 Å². The van der Waals surface area contributed by atoms with Crippen LogP contribution < -0.4 is 4.72 Å². The Hall–Kier alpha value is -2.18. The van der Waals surface area contributed by atoms with Crippen LogP contribution in [0.1, 0.15) is 0 Å². The number of rotatable bonds is 3. The van der Waals surface area contributed by atoms with Crippen LogP contribution in [-0.4, -0.2) is 18.4 Å². The van der Waals surface area contributed by atoms with Crippen molar-refractivity contribution in [2.24, 2.45) is 0 Å². The van der Waals surface area contributed by atoms with Gasteiger partial charge in [0.15, 0.2) is 0 Å². The third kappa shape index (κ3) is 2.96. The number of sulfonamides is 1. The minimum Gasteiger partial charge on any atom is -0.280 e. The van der Waals surface area contributed by atoms with E-state index in [0.29, 0.717) is 21.7 Å². The molecule has 0 radical (unpaired) electrons. The van der Waals surface area contributed by atoms with E-state index in [9.17, 15) is 8.42 Å². The standard InChI is InChI=1S/C14H10ClN3O2S/c15-14-4-1-10-9-12(2-3-13(10)17-14)21(19,20)18-11-5-7-16-8-6-11/h1-9H,(H,16,18). The summed E-state index contributed by atoms with van der Waals surface area (Å²) in [5.74, 6) is 0. The lowest BCUT2D eigenvalue weighted by molar-refractivity contribution is 0.601. The molecule has 1 N–H and O–H groups in total. The maximum Gasteiger partial charge on any atom is 0.261 e. The monoisotopic (exact) mass is 319 g/mol. The molecular formula is C14H10ClN3O2S. The minimum absolute atomic E-state index is 0.163. The van der Waals surface area contributed by atoms with Crippen molar-refractivity contribution in [3.05, 3.63) is 60.0 Å². The fraction of sp³-hybridized carbons (Fsp3) is 0. The topological polar surface area (TPSA) is 72.0 Å². The van der Waals surface area contributed by atoms with Crippen LogP contribution in [0.4, 0.5) is 5.69 Å². The van der Waals surface area contributed by atoms with Gasteiger partial charge in [-0.15, -0.1) is 0 Å². The number of benzene rings is 1. The number of aromatic nitrogens is 2. The van der Waals surface area contributed by atoms with Crippen LogP contribution in [0.25, 0.3) is 10.9 Å². The largest absolute Gasteiger partial charge is 0.280 e. The Kier molecular flexibility index (Phi) is 3.48. The van der Waals surface area contributed by atoms with Crippen LogP contribution in [0.5, 0.6) is 0 Å². The summed E-state index contributed by atoms with van der Waals surface area (Å²) in [5.41, 5.74) is 1.10. The Morgan fingerprint density at radius 1 is 1.00 bits per heavy atom. The van der Waals surface area contributed by atoms with Crippen LogP contribution in [-0.2, 0) is 10.0 Å². The Morgan fingerprint density at radius 2 is 1.76 bits per heavy atom. The summed E-state index contributed by atoms with van der Waals surface area (Å²) < 4.78 is 27.2. The van der Waals surface area contributed by atoms with E-state index in [2.05, 4.69) is 14.7 Å². The highest BCUT2D eigenvalue weighted by molar-refractivity contribution is 7.92. The van der Waals surface area contributed by atoms with Gasteiger partial charge < -0.3 is 0 Å². The molecule has 7 heteroatoms. The molecule has 0 spiro atoms. The van der Waals surface area contributed by atoms with Gasteiger partial charge in [0.05, 0.1) is 16.1 Å². The van der Waals surface area contributed by atoms with E-state index in [1.54, 1.807) is 36.4 Å². The molecule has 0 unspecified atom stereocenters. The van der Waals surface area contributed by atoms with Crippen molar-refractivity contribution in [3.8, 4) is 0 Å². The van der Waals surface area contributed by atoms with Gasteiger partial charge in [-0.1, -0.05) is 11.6 Å². The van der Waals surface area contributed by atoms with E-state index in [4.69, 9.17) is 11.6 Å². The zero-order chi connectivity index (χ0) is 14.9. The molecule has 0 atom stereocenters. The first-order valence-electron chi connectivity index (χ1n) is 6.04. The Labute approximate surface area is 126 Å². The van der Waals surface area contributed by atoms with Crippen LogP contribution in [0.15, 0.2) is 59.8 Å². The van der Waals surface area contributed by atoms with Gasteiger partial charge in [0.25, 0.3) is 10.0 Å². The number of anilines is 1. The molecule has 0 aliphatic heterocycles. The predicted molar refractivity (Wildman–Crippen MR) is 81.8 cm³/mol. The quantitative estimate of drug-likeness (QED) is 0.753. The fourth-order valence-corrected chi connectivity index (χ4v) is 3.13. The number of pyridine rings is 2. The smallest absolute Gasteiger partial charge is 0.261 e. The lowest BCUT2D eigenvalue weighted by Crippen LogP contribution is -2.12. The zero-order valence-electron chi connectivity index (χ0n) is 10.7. The third-order valence-corrected chi connectivity index (χ3v) is 4.46. The van der Waals surface area contributed by atoms with E-state index >= 15 is 0 Å². The first-order valence-corrected chi connectivity index (χ1v) is 7.90. The fourth-order valence-electron chi connectivity index (χ4n) is 1.88. The molecule has 0 fully saturated rings. The van der Waals surface area contributed by atoms with Crippen molar-refractivity contribution < 1.29 is 8.42 Å². The number of nitrogens with one attached hydrogen (secondary N) is 1. The van der Waals surface area contributed by atoms with E-state index < -0.39 is 10.0 Å². The third-order valence-electron chi connectivity index (χ3n) is 2.87. The highest BCUT2D eigenvalue weighted by Gasteiger charge is 2.14. The van der Waals surface area contributed by atoms with Crippen LogP contribution in [0, 0.1) is 0 Å². The molecule has 2 aromatic heterocycles. The Bertz CT molecular complexity index is 898. The van der Waals surface area contributed by atoms with Crippen molar-refractivity contribution in [3.63, 3.8) is 0 Å². The lowest BCUT2D eigenvalue weighted by Gasteiger charge is -2.08. The van der Waals surface area contributed by atoms with Crippen molar-refractivity contribution in [2.45, 2.75) is 4.90 Å². The van der Waals surface area contributed by atoms with Gasteiger partial charge in [0, 0.05) is 17.8 Å². The second kappa shape index (κ2) is 5.31. The normalized spacial score (nSPS) is 11.5. The molecule has 106 valence electrons. The summed E-state index contributed by atoms with van der Waals surface area (Å²) in [6, 6.07) is 11.2. The van der Waals surface area contributed by atoms with Crippen LogP contribution in [0.2, 0.25) is 5.15 Å². The molecule has 0 saturated carbocycles. The second-order valence-electron chi connectivity index (χ2n) is 4.33. The Balaban J connectivity index is 2.01. The molecule has 21 heavy (non-hydrogen) atoms. The van der Waals surface area contributed by atoms with Gasteiger partial charge in [0.2, 0.25) is 0 Å². The lowest BCUT2D eigenvalue weighted by atomic mass is 10.2. The summed E-state index contributed by atoms with van der Waals surface area (Å²) in [7, 11) is -3.65. The van der Waals surface area contributed by atoms with Crippen molar-refractivity contribution in [1.29, 1.82) is 0 Å². The van der Waals surface area contributed by atoms with Crippen LogP contribution >= 0.6 is 11.6 Å². The number of nitrogens with zero attached hydrogens (tertiary/aromatic N) is 2. The zero-order valence-corrected chi connectivity index (χ0v) is 12.3. The average Bonchev–Trinajstić information content (AvgIpc) is 2.47. The van der Waals surface area contributed by atoms with E-state index in [1.165, 1.54) is 18.5 Å². The van der Waals surface area contributed by atoms with Gasteiger partial charge in [-0.25, -0.2) is 13.4 Å². The summed E-state index contributed by atoms with van der Waals surface area (Å²) in [6.07, 6.45) is 3.04. The maximum absolute atomic E-state index is 12.3. The number of fused-ring (bicyclic) bond motifs is 1. The van der Waals surface area contributed by atoms with Crippen molar-refractivity contribution >= 4 is 38.2 Å². The van der Waals surface area contributed by atoms with E-state index in [1.807, 2.05) is 0 Å². The Morgan fingerprint density at radius 3 is 2.52 bits per heavy atom. The first-order chi connectivity index (χ1) is 10.0. The summed E-state index contributed by atoms with van der Waals surface area (Å²) in [6.45, 7) is 0. The summed E-state index contributed by atoms with van der Waals surface area (Å²) in [4.78, 5) is 8.13. The molecule has 0 bridgehead atoms. The molecule has 0 saturated heterocycles. The van der Waals surface area contributed by atoms with Gasteiger partial charge in [-0.2, -0.15) is 0 Å². The van der Waals surface area contributed by atoms with Crippen molar-refractivity contribution in [1.82, 2.24) is 9.97 Å². The number of hydrogen-bond acceptors (Lipinski definition) is 4. The van der Waals surface area contributed by atoms with E-state index in [-0.39, 0.29) is 4.90 Å². The molecule has 5 nitrogen and oxygen atoms in total. The molecule has 2 heterocycles.